The number of ether oxygens (including phenoxy) is 1. The van der Waals surface area contributed by atoms with Crippen molar-refractivity contribution in [1.29, 1.82) is 0 Å². The maximum atomic E-state index is 12.3. The summed E-state index contributed by atoms with van der Waals surface area (Å²) in [5.74, 6) is 0.699. The van der Waals surface area contributed by atoms with Gasteiger partial charge in [0.15, 0.2) is 9.84 Å². The Balaban J connectivity index is 1.32. The van der Waals surface area contributed by atoms with Crippen LogP contribution in [0.25, 0.3) is 11.7 Å². The highest BCUT2D eigenvalue weighted by atomic mass is 32.2. The predicted molar refractivity (Wildman–Crippen MR) is 115 cm³/mol. The van der Waals surface area contributed by atoms with Gasteiger partial charge in [-0.2, -0.15) is 0 Å². The van der Waals surface area contributed by atoms with Crippen molar-refractivity contribution in [1.82, 2.24) is 14.3 Å². The second kappa shape index (κ2) is 8.31. The van der Waals surface area contributed by atoms with Gasteiger partial charge in [-0.3, -0.25) is 4.79 Å². The number of likely N-dealkylation sites (N-methyl/N-ethyl adjacent to an activating group) is 1. The Morgan fingerprint density at radius 2 is 2.07 bits per heavy atom. The van der Waals surface area contributed by atoms with E-state index in [0.717, 1.165) is 16.9 Å². The van der Waals surface area contributed by atoms with Crippen LogP contribution in [0.1, 0.15) is 17.7 Å². The van der Waals surface area contributed by atoms with Crippen molar-refractivity contribution in [3.05, 3.63) is 72.2 Å². The first-order chi connectivity index (χ1) is 14.4. The number of rotatable bonds is 6. The Kier molecular flexibility index (Phi) is 5.59. The zero-order valence-electron chi connectivity index (χ0n) is 16.6. The number of aromatic nitrogens is 2. The fourth-order valence-corrected chi connectivity index (χ4v) is 5.21. The quantitative estimate of drug-likeness (QED) is 0.567. The molecule has 30 heavy (non-hydrogen) atoms. The van der Waals surface area contributed by atoms with Crippen LogP contribution in [0, 0.1) is 0 Å². The molecule has 0 aliphatic carbocycles. The summed E-state index contributed by atoms with van der Waals surface area (Å²) in [5.41, 5.74) is 2.57. The Hall–Kier alpha value is -3.13. The number of carbonyl (C=O) groups is 1. The number of hydrogen-bond donors (Lipinski definition) is 0. The molecule has 7 nitrogen and oxygen atoms in total. The van der Waals surface area contributed by atoms with Gasteiger partial charge in [-0.15, -0.1) is 0 Å². The van der Waals surface area contributed by atoms with Crippen molar-refractivity contribution < 1.29 is 17.9 Å². The SMILES string of the molecule is CN(C(=O)C=Cc1ccc(OCc2cn3ccccc3n2)cc1)C1CCS(=O)(=O)C1. The van der Waals surface area contributed by atoms with Gasteiger partial charge in [-0.05, 0) is 42.3 Å². The van der Waals surface area contributed by atoms with Gasteiger partial charge in [0.25, 0.3) is 0 Å². The number of imidazole rings is 1. The number of carbonyl (C=O) groups excluding carboxylic acids is 1. The highest BCUT2D eigenvalue weighted by Gasteiger charge is 2.31. The van der Waals surface area contributed by atoms with Crippen LogP contribution in [0.4, 0.5) is 0 Å². The Morgan fingerprint density at radius 1 is 1.27 bits per heavy atom. The molecule has 1 unspecified atom stereocenters. The highest BCUT2D eigenvalue weighted by Crippen LogP contribution is 2.18. The minimum absolute atomic E-state index is 0.0431. The first-order valence-electron chi connectivity index (χ1n) is 9.70. The molecule has 0 bridgehead atoms. The molecular formula is C22H23N3O4S. The van der Waals surface area contributed by atoms with E-state index in [1.807, 2.05) is 59.3 Å². The molecule has 0 radical (unpaired) electrons. The van der Waals surface area contributed by atoms with E-state index in [1.54, 1.807) is 13.1 Å². The molecule has 0 N–H and O–H groups in total. The second-order valence-electron chi connectivity index (χ2n) is 7.40. The van der Waals surface area contributed by atoms with Crippen molar-refractivity contribution in [3.8, 4) is 5.75 Å². The van der Waals surface area contributed by atoms with Crippen molar-refractivity contribution in [3.63, 3.8) is 0 Å². The monoisotopic (exact) mass is 425 g/mol. The summed E-state index contributed by atoms with van der Waals surface area (Å²) in [5, 5.41) is 0. The molecular weight excluding hydrogens is 402 g/mol. The van der Waals surface area contributed by atoms with Gasteiger partial charge in [0.1, 0.15) is 18.0 Å². The van der Waals surface area contributed by atoms with Gasteiger partial charge in [0, 0.05) is 31.6 Å². The third-order valence-corrected chi connectivity index (χ3v) is 6.95. The molecule has 156 valence electrons. The van der Waals surface area contributed by atoms with Crippen LogP contribution in [0.3, 0.4) is 0 Å². The van der Waals surface area contributed by atoms with E-state index in [-0.39, 0.29) is 23.5 Å². The third kappa shape index (κ3) is 4.71. The maximum Gasteiger partial charge on any atom is 0.246 e. The van der Waals surface area contributed by atoms with E-state index in [4.69, 9.17) is 4.74 Å². The summed E-state index contributed by atoms with van der Waals surface area (Å²) >= 11 is 0. The van der Waals surface area contributed by atoms with Crippen LogP contribution in [-0.2, 0) is 21.2 Å². The summed E-state index contributed by atoms with van der Waals surface area (Å²) in [6.45, 7) is 0.366. The number of nitrogens with zero attached hydrogens (tertiary/aromatic N) is 3. The zero-order valence-corrected chi connectivity index (χ0v) is 17.5. The molecule has 1 aliphatic heterocycles. The lowest BCUT2D eigenvalue weighted by molar-refractivity contribution is -0.126. The molecule has 4 rings (SSSR count). The minimum atomic E-state index is -3.02. The van der Waals surface area contributed by atoms with Gasteiger partial charge in [-0.1, -0.05) is 18.2 Å². The van der Waals surface area contributed by atoms with Crippen LogP contribution < -0.4 is 4.74 Å². The van der Waals surface area contributed by atoms with Gasteiger partial charge in [0.05, 0.1) is 17.2 Å². The van der Waals surface area contributed by atoms with Crippen LogP contribution >= 0.6 is 0 Å². The number of pyridine rings is 1. The average Bonchev–Trinajstić information content (AvgIpc) is 3.33. The smallest absolute Gasteiger partial charge is 0.246 e. The topological polar surface area (TPSA) is 81.0 Å². The van der Waals surface area contributed by atoms with Crippen molar-refractivity contribution in [2.75, 3.05) is 18.6 Å². The largest absolute Gasteiger partial charge is 0.487 e. The summed E-state index contributed by atoms with van der Waals surface area (Å²) in [4.78, 5) is 18.3. The van der Waals surface area contributed by atoms with E-state index < -0.39 is 9.84 Å². The van der Waals surface area contributed by atoms with Crippen molar-refractivity contribution >= 4 is 27.5 Å². The average molecular weight is 426 g/mol. The maximum absolute atomic E-state index is 12.3. The van der Waals surface area contributed by atoms with Crippen LogP contribution in [0.15, 0.2) is 60.9 Å². The first kappa shape index (κ1) is 20.2. The molecule has 2 aromatic heterocycles. The van der Waals surface area contributed by atoms with Crippen LogP contribution in [0.2, 0.25) is 0 Å². The fraction of sp³-hybridized carbons (Fsp3) is 0.273. The van der Waals surface area contributed by atoms with Gasteiger partial charge >= 0.3 is 0 Å². The zero-order chi connectivity index (χ0) is 21.1. The fourth-order valence-electron chi connectivity index (χ4n) is 3.44. The molecule has 0 spiro atoms. The Bertz CT molecular complexity index is 1150. The standard InChI is InChI=1S/C22H23N3O4S/c1-24(19-11-13-30(27,28)16-19)22(26)10-7-17-5-8-20(9-6-17)29-15-18-14-25-12-3-2-4-21(25)23-18/h2-10,12,14,19H,11,13,15-16H2,1H3. The molecule has 1 atom stereocenters. The molecule has 3 heterocycles. The molecule has 8 heteroatoms. The lowest BCUT2D eigenvalue weighted by atomic mass is 10.2. The number of hydrogen-bond acceptors (Lipinski definition) is 5. The summed E-state index contributed by atoms with van der Waals surface area (Å²) in [6.07, 6.45) is 7.56. The van der Waals surface area contributed by atoms with Gasteiger partial charge in [-0.25, -0.2) is 13.4 Å². The van der Waals surface area contributed by atoms with Gasteiger partial charge < -0.3 is 14.0 Å². The van der Waals surface area contributed by atoms with E-state index >= 15 is 0 Å². The molecule has 3 aromatic rings. The Morgan fingerprint density at radius 3 is 2.77 bits per heavy atom. The molecule has 1 amide bonds. The second-order valence-corrected chi connectivity index (χ2v) is 9.62. The molecule has 1 saturated heterocycles. The molecule has 1 aliphatic rings. The third-order valence-electron chi connectivity index (χ3n) is 5.20. The van der Waals surface area contributed by atoms with Crippen molar-refractivity contribution in [2.45, 2.75) is 19.1 Å². The van der Waals surface area contributed by atoms with E-state index in [2.05, 4.69) is 4.98 Å². The summed E-state index contributed by atoms with van der Waals surface area (Å²) in [7, 11) is -1.37. The molecule has 1 fully saturated rings. The summed E-state index contributed by atoms with van der Waals surface area (Å²) in [6, 6.07) is 13.0. The minimum Gasteiger partial charge on any atom is -0.487 e. The van der Waals surface area contributed by atoms with Gasteiger partial charge in [0.2, 0.25) is 5.91 Å². The Labute approximate surface area is 175 Å². The number of benzene rings is 1. The number of amides is 1. The van der Waals surface area contributed by atoms with Crippen LogP contribution in [-0.4, -0.2) is 53.2 Å². The summed E-state index contributed by atoms with van der Waals surface area (Å²) < 4.78 is 30.9. The van der Waals surface area contributed by atoms with Crippen LogP contribution in [0.5, 0.6) is 5.75 Å². The van der Waals surface area contributed by atoms with E-state index in [1.165, 1.54) is 11.0 Å². The lowest BCUT2D eigenvalue weighted by Gasteiger charge is -2.21. The lowest BCUT2D eigenvalue weighted by Crippen LogP contribution is -2.36. The predicted octanol–water partition coefficient (Wildman–Crippen LogP) is 2.57. The van der Waals surface area contributed by atoms with Crippen molar-refractivity contribution in [2.24, 2.45) is 0 Å². The normalized spacial score (nSPS) is 18.1. The van der Waals surface area contributed by atoms with E-state index in [0.29, 0.717) is 18.8 Å². The number of fused-ring (bicyclic) bond motifs is 1. The van der Waals surface area contributed by atoms with E-state index in [9.17, 15) is 13.2 Å². The number of sulfone groups is 1. The first-order valence-corrected chi connectivity index (χ1v) is 11.5. The highest BCUT2D eigenvalue weighted by molar-refractivity contribution is 7.91. The molecule has 1 aromatic carbocycles. The molecule has 0 saturated carbocycles.